The fraction of sp³-hybridized carbons (Fsp3) is 0.158. The molecule has 3 rings (SSSR count). The minimum absolute atomic E-state index is 0.0299. The molecule has 0 spiro atoms. The van der Waals surface area contributed by atoms with E-state index in [2.05, 4.69) is 5.10 Å². The van der Waals surface area contributed by atoms with Gasteiger partial charge in [-0.1, -0.05) is 29.8 Å². The molecule has 0 aliphatic rings. The lowest BCUT2D eigenvalue weighted by molar-refractivity contribution is 0.0690. The standard InChI is InChI=1S/C19H19N3O2/c1-13-4-8-16(9-5-13)22-18(12-17(20-22)19(23)24)14-6-10-15(11-7-14)21(2)3/h4-12H,1-3H3,(H,23,24). The van der Waals surface area contributed by atoms with Gasteiger partial charge in [0.1, 0.15) is 0 Å². The summed E-state index contributed by atoms with van der Waals surface area (Å²) in [6.07, 6.45) is 0. The van der Waals surface area contributed by atoms with Crippen molar-refractivity contribution >= 4 is 11.7 Å². The van der Waals surface area contributed by atoms with Crippen molar-refractivity contribution in [2.45, 2.75) is 6.92 Å². The van der Waals surface area contributed by atoms with Gasteiger partial charge >= 0.3 is 5.97 Å². The summed E-state index contributed by atoms with van der Waals surface area (Å²) in [5.41, 5.74) is 4.75. The number of anilines is 1. The monoisotopic (exact) mass is 321 g/mol. The first-order valence-corrected chi connectivity index (χ1v) is 7.64. The molecule has 5 heteroatoms. The first kappa shape index (κ1) is 15.8. The fourth-order valence-electron chi connectivity index (χ4n) is 2.50. The zero-order chi connectivity index (χ0) is 17.3. The molecule has 0 atom stereocenters. The Morgan fingerprint density at radius 1 is 1.04 bits per heavy atom. The minimum Gasteiger partial charge on any atom is -0.476 e. The summed E-state index contributed by atoms with van der Waals surface area (Å²) < 4.78 is 1.67. The van der Waals surface area contributed by atoms with Crippen LogP contribution >= 0.6 is 0 Å². The van der Waals surface area contributed by atoms with E-state index >= 15 is 0 Å². The quantitative estimate of drug-likeness (QED) is 0.797. The molecule has 0 saturated carbocycles. The van der Waals surface area contributed by atoms with E-state index in [-0.39, 0.29) is 5.69 Å². The number of nitrogens with zero attached hydrogens (tertiary/aromatic N) is 3. The molecule has 1 heterocycles. The van der Waals surface area contributed by atoms with Crippen LogP contribution in [0.2, 0.25) is 0 Å². The average molecular weight is 321 g/mol. The molecule has 3 aromatic rings. The lowest BCUT2D eigenvalue weighted by Gasteiger charge is -2.13. The highest BCUT2D eigenvalue weighted by Gasteiger charge is 2.16. The third-order valence-electron chi connectivity index (χ3n) is 3.89. The van der Waals surface area contributed by atoms with Crippen molar-refractivity contribution in [3.05, 3.63) is 65.9 Å². The maximum absolute atomic E-state index is 11.3. The molecule has 0 aliphatic carbocycles. The number of aryl methyl sites for hydroxylation is 1. The minimum atomic E-state index is -1.04. The van der Waals surface area contributed by atoms with E-state index in [4.69, 9.17) is 0 Å². The lowest BCUT2D eigenvalue weighted by atomic mass is 10.1. The third-order valence-corrected chi connectivity index (χ3v) is 3.89. The SMILES string of the molecule is Cc1ccc(-n2nc(C(=O)O)cc2-c2ccc(N(C)C)cc2)cc1. The van der Waals surface area contributed by atoms with Gasteiger partial charge in [0.25, 0.3) is 0 Å². The van der Waals surface area contributed by atoms with Gasteiger partial charge in [-0.15, -0.1) is 0 Å². The number of carbonyl (C=O) groups is 1. The molecule has 24 heavy (non-hydrogen) atoms. The highest BCUT2D eigenvalue weighted by Crippen LogP contribution is 2.26. The summed E-state index contributed by atoms with van der Waals surface area (Å²) in [5.74, 6) is -1.04. The maximum atomic E-state index is 11.3. The van der Waals surface area contributed by atoms with E-state index in [0.29, 0.717) is 0 Å². The van der Waals surface area contributed by atoms with Crippen molar-refractivity contribution in [1.82, 2.24) is 9.78 Å². The number of benzene rings is 2. The van der Waals surface area contributed by atoms with Crippen LogP contribution in [0.25, 0.3) is 16.9 Å². The average Bonchev–Trinajstić information content (AvgIpc) is 3.01. The van der Waals surface area contributed by atoms with Crippen LogP contribution in [0, 0.1) is 6.92 Å². The van der Waals surface area contributed by atoms with Crippen LogP contribution in [0.4, 0.5) is 5.69 Å². The molecule has 0 saturated heterocycles. The summed E-state index contributed by atoms with van der Waals surface area (Å²) >= 11 is 0. The van der Waals surface area contributed by atoms with Crippen molar-refractivity contribution in [3.63, 3.8) is 0 Å². The van der Waals surface area contributed by atoms with Crippen molar-refractivity contribution in [3.8, 4) is 16.9 Å². The van der Waals surface area contributed by atoms with Crippen LogP contribution in [-0.2, 0) is 0 Å². The normalized spacial score (nSPS) is 10.6. The molecule has 122 valence electrons. The second kappa shape index (κ2) is 6.20. The number of aromatic nitrogens is 2. The van der Waals surface area contributed by atoms with E-state index < -0.39 is 5.97 Å². The number of aromatic carboxylic acids is 1. The molecule has 5 nitrogen and oxygen atoms in total. The molecule has 0 bridgehead atoms. The van der Waals surface area contributed by atoms with Crippen LogP contribution in [0.1, 0.15) is 16.1 Å². The molecule has 0 fully saturated rings. The van der Waals surface area contributed by atoms with Crippen molar-refractivity contribution in [2.24, 2.45) is 0 Å². The Kier molecular flexibility index (Phi) is 4.08. The molecule has 0 unspecified atom stereocenters. The topological polar surface area (TPSA) is 58.4 Å². The number of hydrogen-bond donors (Lipinski definition) is 1. The molecular formula is C19H19N3O2. The highest BCUT2D eigenvalue weighted by molar-refractivity contribution is 5.87. The predicted octanol–water partition coefficient (Wildman–Crippen LogP) is 3.61. The molecular weight excluding hydrogens is 302 g/mol. The van der Waals surface area contributed by atoms with Crippen molar-refractivity contribution in [1.29, 1.82) is 0 Å². The second-order valence-electron chi connectivity index (χ2n) is 5.91. The van der Waals surface area contributed by atoms with E-state index in [0.717, 1.165) is 28.2 Å². The summed E-state index contributed by atoms with van der Waals surface area (Å²) in [4.78, 5) is 13.4. The van der Waals surface area contributed by atoms with E-state index in [9.17, 15) is 9.90 Å². The molecule has 0 amide bonds. The molecule has 1 N–H and O–H groups in total. The molecule has 0 radical (unpaired) electrons. The Morgan fingerprint density at radius 2 is 1.67 bits per heavy atom. The lowest BCUT2D eigenvalue weighted by Crippen LogP contribution is -2.08. The Hall–Kier alpha value is -3.08. The van der Waals surface area contributed by atoms with Crippen molar-refractivity contribution < 1.29 is 9.90 Å². The van der Waals surface area contributed by atoms with Crippen molar-refractivity contribution in [2.75, 3.05) is 19.0 Å². The molecule has 1 aromatic heterocycles. The molecule has 2 aromatic carbocycles. The predicted molar refractivity (Wildman–Crippen MR) is 95.0 cm³/mol. The first-order valence-electron chi connectivity index (χ1n) is 7.64. The summed E-state index contributed by atoms with van der Waals surface area (Å²) in [6, 6.07) is 17.4. The van der Waals surface area contributed by atoms with Gasteiger partial charge in [0.05, 0.1) is 11.4 Å². The summed E-state index contributed by atoms with van der Waals surface area (Å²) in [6.45, 7) is 2.01. The van der Waals surface area contributed by atoms with Gasteiger partial charge < -0.3 is 10.0 Å². The van der Waals surface area contributed by atoms with Crippen LogP contribution in [0.15, 0.2) is 54.6 Å². The summed E-state index contributed by atoms with van der Waals surface area (Å²) in [7, 11) is 3.96. The first-order chi connectivity index (χ1) is 11.5. The fourth-order valence-corrected chi connectivity index (χ4v) is 2.50. The van der Waals surface area contributed by atoms with Crippen LogP contribution in [0.5, 0.6) is 0 Å². The van der Waals surface area contributed by atoms with E-state index in [1.54, 1.807) is 10.7 Å². The highest BCUT2D eigenvalue weighted by atomic mass is 16.4. The third kappa shape index (κ3) is 3.01. The van der Waals surface area contributed by atoms with Gasteiger partial charge in [-0.05, 0) is 37.3 Å². The number of carboxylic acids is 1. The maximum Gasteiger partial charge on any atom is 0.356 e. The zero-order valence-electron chi connectivity index (χ0n) is 13.9. The zero-order valence-corrected chi connectivity index (χ0v) is 13.9. The van der Waals surface area contributed by atoms with Crippen LogP contribution in [0.3, 0.4) is 0 Å². The smallest absolute Gasteiger partial charge is 0.356 e. The van der Waals surface area contributed by atoms with Crippen LogP contribution < -0.4 is 4.90 Å². The number of carboxylic acid groups (broad SMARTS) is 1. The molecule has 0 aliphatic heterocycles. The van der Waals surface area contributed by atoms with Gasteiger partial charge in [0.15, 0.2) is 5.69 Å². The Morgan fingerprint density at radius 3 is 2.21 bits per heavy atom. The summed E-state index contributed by atoms with van der Waals surface area (Å²) in [5, 5.41) is 13.5. The van der Waals surface area contributed by atoms with Gasteiger partial charge in [-0.25, -0.2) is 9.48 Å². The number of rotatable bonds is 4. The van der Waals surface area contributed by atoms with Gasteiger partial charge in [0, 0.05) is 25.3 Å². The van der Waals surface area contributed by atoms with Gasteiger partial charge in [0.2, 0.25) is 0 Å². The Bertz CT molecular complexity index is 863. The van der Waals surface area contributed by atoms with Gasteiger partial charge in [-0.2, -0.15) is 5.10 Å². The number of hydrogen-bond acceptors (Lipinski definition) is 3. The van der Waals surface area contributed by atoms with Gasteiger partial charge in [-0.3, -0.25) is 0 Å². The largest absolute Gasteiger partial charge is 0.476 e. The Labute approximate surface area is 140 Å². The Balaban J connectivity index is 2.12. The van der Waals surface area contributed by atoms with E-state index in [1.165, 1.54) is 0 Å². The van der Waals surface area contributed by atoms with Crippen LogP contribution in [-0.4, -0.2) is 35.0 Å². The van der Waals surface area contributed by atoms with E-state index in [1.807, 2.05) is 74.4 Å². The second-order valence-corrected chi connectivity index (χ2v) is 5.91.